The monoisotopic (exact) mass is 707 g/mol. The van der Waals surface area contributed by atoms with Gasteiger partial charge in [0.05, 0.1) is 0 Å². The average Bonchev–Trinajstić information content (AvgIpc) is 2.78. The predicted molar refractivity (Wildman–Crippen MR) is 163 cm³/mol. The van der Waals surface area contributed by atoms with Crippen LogP contribution >= 0.6 is 0 Å². The Morgan fingerprint density at radius 1 is 0.974 bits per heavy atom. The molecule has 0 amide bonds. The van der Waals surface area contributed by atoms with Crippen molar-refractivity contribution < 1.29 is 30.0 Å². The third kappa shape index (κ3) is 9.40. The largest absolute Gasteiger partial charge is 0.512 e. The van der Waals surface area contributed by atoms with Gasteiger partial charge in [0.1, 0.15) is 5.76 Å². The van der Waals surface area contributed by atoms with Crippen LogP contribution < -0.4 is 0 Å². The van der Waals surface area contributed by atoms with Gasteiger partial charge in [-0.05, 0) is 52.8 Å². The number of ketones is 1. The van der Waals surface area contributed by atoms with E-state index in [0.717, 1.165) is 16.8 Å². The van der Waals surface area contributed by atoms with Gasteiger partial charge in [0.2, 0.25) is 0 Å². The van der Waals surface area contributed by atoms with Crippen molar-refractivity contribution >= 4 is 16.6 Å². The molecule has 0 aliphatic rings. The molecule has 4 heteroatoms. The van der Waals surface area contributed by atoms with E-state index in [0.29, 0.717) is 11.8 Å². The first-order valence-electron chi connectivity index (χ1n) is 13.8. The van der Waals surface area contributed by atoms with Crippen molar-refractivity contribution in [2.45, 2.75) is 95.4 Å². The zero-order chi connectivity index (χ0) is 29.0. The second kappa shape index (κ2) is 13.9. The Balaban J connectivity index is 0.000000466. The van der Waals surface area contributed by atoms with Gasteiger partial charge in [0, 0.05) is 43.2 Å². The second-order valence-corrected chi connectivity index (χ2v) is 13.0. The second-order valence-electron chi connectivity index (χ2n) is 13.0. The van der Waals surface area contributed by atoms with Gasteiger partial charge in [0.15, 0.2) is 5.78 Å². The number of nitrogens with zero attached hydrogens (tertiary/aromatic N) is 1. The first-order valence-corrected chi connectivity index (χ1v) is 13.8. The summed E-state index contributed by atoms with van der Waals surface area (Å²) in [5, 5.41) is 12.1. The van der Waals surface area contributed by atoms with E-state index in [1.807, 2.05) is 47.7 Å². The number of pyridine rings is 1. The van der Waals surface area contributed by atoms with Gasteiger partial charge in [-0.1, -0.05) is 94.4 Å². The van der Waals surface area contributed by atoms with Crippen LogP contribution in [0.5, 0.6) is 0 Å². The zero-order valence-electron chi connectivity index (χ0n) is 26.0. The number of carbonyl (C=O) groups is 1. The van der Waals surface area contributed by atoms with Crippen molar-refractivity contribution in [3.05, 3.63) is 76.7 Å². The molecule has 1 unspecified atom stereocenters. The summed E-state index contributed by atoms with van der Waals surface area (Å²) in [6.45, 7) is 24.4. The summed E-state index contributed by atoms with van der Waals surface area (Å²) in [5.41, 5.74) is 6.46. The van der Waals surface area contributed by atoms with Crippen LogP contribution in [0.1, 0.15) is 96.9 Å². The maximum atomic E-state index is 11.5. The summed E-state index contributed by atoms with van der Waals surface area (Å²) < 4.78 is 0. The Labute approximate surface area is 250 Å². The van der Waals surface area contributed by atoms with Crippen molar-refractivity contribution in [1.29, 1.82) is 0 Å². The van der Waals surface area contributed by atoms with Crippen molar-refractivity contribution in [3.63, 3.8) is 0 Å². The molecule has 0 saturated carbocycles. The van der Waals surface area contributed by atoms with Crippen molar-refractivity contribution in [2.75, 3.05) is 0 Å². The molecule has 3 aromatic rings. The van der Waals surface area contributed by atoms with Crippen LogP contribution in [0.4, 0.5) is 0 Å². The maximum Gasteiger partial charge on any atom is 0.164 e. The molecule has 0 fully saturated rings. The molecule has 0 aliphatic heterocycles. The third-order valence-corrected chi connectivity index (χ3v) is 6.96. The van der Waals surface area contributed by atoms with E-state index in [9.17, 15) is 9.90 Å². The number of aliphatic hydroxyl groups is 1. The number of carbonyl (C=O) groups excluding carboxylic acids is 1. The molecule has 1 radical (unpaired) electrons. The van der Waals surface area contributed by atoms with Crippen LogP contribution in [0.3, 0.4) is 0 Å². The minimum atomic E-state index is -0.417. The van der Waals surface area contributed by atoms with Crippen molar-refractivity contribution in [3.8, 4) is 11.3 Å². The first kappa shape index (κ1) is 34.7. The van der Waals surface area contributed by atoms with Crippen LogP contribution in [-0.2, 0) is 24.9 Å². The summed E-state index contributed by atoms with van der Waals surface area (Å²) in [6.07, 6.45) is 4.51. The molecular formula is C35H48IrNO2-. The molecule has 3 rings (SSSR count). The molecule has 215 valence electrons. The molecule has 0 aliphatic carbocycles. The Hall–Kier alpha value is -2.29. The number of benzene rings is 2. The summed E-state index contributed by atoms with van der Waals surface area (Å²) in [5.74, 6) is 1.36. The molecule has 1 heterocycles. The Morgan fingerprint density at radius 3 is 2.08 bits per heavy atom. The molecule has 1 aromatic heterocycles. The summed E-state index contributed by atoms with van der Waals surface area (Å²) in [7, 11) is 0. The van der Waals surface area contributed by atoms with Crippen LogP contribution in [-0.4, -0.2) is 15.9 Å². The van der Waals surface area contributed by atoms with E-state index in [-0.39, 0.29) is 37.1 Å². The standard InChI is InChI=1S/C24H28N.C11H20O2.Ir/c1-7-21(15(2)3)19-8-9-22-23(13-19)18(6)14-25-24(22)20-11-16(4)10-17(5)12-20;1-10(2,3)8(12)7-9(13)11(4,5)6;/h8-11,13-15,21H,7H2,1-6H3;7,12H,1-6H3;/q-1;;/b;8-7-;. The van der Waals surface area contributed by atoms with Gasteiger partial charge in [-0.2, -0.15) is 0 Å². The molecule has 0 bridgehead atoms. The van der Waals surface area contributed by atoms with E-state index in [4.69, 9.17) is 4.98 Å². The quantitative estimate of drug-likeness (QED) is 0.163. The number of hydrogen-bond donors (Lipinski definition) is 1. The SMILES string of the molecule is CC(C)(C)C(=O)/C=C(\O)C(C)(C)C.CCC(c1ccc2c(-c3[c-]c(C)cc(C)c3)ncc(C)c2c1)C(C)C.[Ir]. The van der Waals surface area contributed by atoms with E-state index >= 15 is 0 Å². The van der Waals surface area contributed by atoms with Gasteiger partial charge in [-0.3, -0.25) is 4.79 Å². The van der Waals surface area contributed by atoms with E-state index in [1.165, 1.54) is 40.0 Å². The summed E-state index contributed by atoms with van der Waals surface area (Å²) >= 11 is 0. The number of aromatic nitrogens is 1. The molecule has 39 heavy (non-hydrogen) atoms. The summed E-state index contributed by atoms with van der Waals surface area (Å²) in [6, 6.07) is 14.8. The third-order valence-electron chi connectivity index (χ3n) is 6.96. The fraction of sp³-hybridized carbons (Fsp3) is 0.486. The van der Waals surface area contributed by atoms with Gasteiger partial charge in [-0.15, -0.1) is 34.9 Å². The minimum Gasteiger partial charge on any atom is -0.512 e. The Bertz CT molecular complexity index is 1290. The van der Waals surface area contributed by atoms with E-state index in [1.54, 1.807) is 0 Å². The zero-order valence-corrected chi connectivity index (χ0v) is 28.4. The van der Waals surface area contributed by atoms with Crippen LogP contribution in [0.15, 0.2) is 48.4 Å². The molecule has 3 nitrogen and oxygen atoms in total. The number of allylic oxidation sites excluding steroid dienone is 2. The molecule has 0 saturated heterocycles. The number of fused-ring (bicyclic) bond motifs is 1. The fourth-order valence-electron chi connectivity index (χ4n) is 4.51. The molecular weight excluding hydrogens is 659 g/mol. The molecule has 0 spiro atoms. The van der Waals surface area contributed by atoms with E-state index in [2.05, 4.69) is 77.9 Å². The fourth-order valence-corrected chi connectivity index (χ4v) is 4.51. The number of aliphatic hydroxyl groups excluding tert-OH is 1. The smallest absolute Gasteiger partial charge is 0.164 e. The number of hydrogen-bond acceptors (Lipinski definition) is 3. The van der Waals surface area contributed by atoms with Gasteiger partial charge in [-0.25, -0.2) is 0 Å². The first-order chi connectivity index (χ1) is 17.4. The van der Waals surface area contributed by atoms with Crippen LogP contribution in [0.25, 0.3) is 22.0 Å². The van der Waals surface area contributed by atoms with Crippen LogP contribution in [0.2, 0.25) is 0 Å². The number of rotatable bonds is 5. The molecule has 1 atom stereocenters. The average molecular weight is 707 g/mol. The number of aryl methyl sites for hydroxylation is 3. The van der Waals surface area contributed by atoms with Gasteiger partial charge in [0.25, 0.3) is 0 Å². The predicted octanol–water partition coefficient (Wildman–Crippen LogP) is 9.86. The van der Waals surface area contributed by atoms with Crippen molar-refractivity contribution in [1.82, 2.24) is 4.98 Å². The Morgan fingerprint density at radius 2 is 1.59 bits per heavy atom. The summed E-state index contributed by atoms with van der Waals surface area (Å²) in [4.78, 5) is 16.2. The van der Waals surface area contributed by atoms with Crippen LogP contribution in [0, 0.1) is 43.6 Å². The van der Waals surface area contributed by atoms with Gasteiger partial charge >= 0.3 is 0 Å². The normalized spacial score (nSPS) is 13.0. The Kier molecular flexibility index (Phi) is 12.3. The molecule has 2 aromatic carbocycles. The topological polar surface area (TPSA) is 50.2 Å². The maximum absolute atomic E-state index is 11.5. The van der Waals surface area contributed by atoms with Crippen molar-refractivity contribution in [2.24, 2.45) is 16.7 Å². The van der Waals surface area contributed by atoms with Gasteiger partial charge < -0.3 is 10.1 Å². The van der Waals surface area contributed by atoms with E-state index < -0.39 is 5.41 Å². The molecule has 1 N–H and O–H groups in total. The minimum absolute atomic E-state index is 0.